The molecule has 2 aromatic heterocycles. The molecule has 2 heterocycles. The second-order valence-electron chi connectivity index (χ2n) is 5.20. The molecule has 1 saturated carbocycles. The van der Waals surface area contributed by atoms with Crippen LogP contribution < -0.4 is 5.32 Å². The maximum atomic E-state index is 12.5. The summed E-state index contributed by atoms with van der Waals surface area (Å²) in [5, 5.41) is 3.99. The van der Waals surface area contributed by atoms with Gasteiger partial charge in [0.2, 0.25) is 0 Å². The maximum absolute atomic E-state index is 12.5. The molecule has 0 atom stereocenters. The number of halogens is 2. The van der Waals surface area contributed by atoms with Crippen LogP contribution in [0.25, 0.3) is 5.65 Å². The topological polar surface area (TPSA) is 46.4 Å². The zero-order valence-corrected chi connectivity index (χ0v) is 12.6. The summed E-state index contributed by atoms with van der Waals surface area (Å²) in [7, 11) is 0. The minimum atomic E-state index is -0.111. The highest BCUT2D eigenvalue weighted by Gasteiger charge is 2.23. The number of fused-ring (bicyclic) bond motifs is 1. The minimum Gasteiger partial charge on any atom is -0.348 e. The van der Waals surface area contributed by atoms with E-state index in [-0.39, 0.29) is 11.9 Å². The highest BCUT2D eigenvalue weighted by Crippen LogP contribution is 2.25. The number of nitrogens with zero attached hydrogens (tertiary/aromatic N) is 2. The SMILES string of the molecule is Cc1nc2c(Cl)cc(Cl)cn2c1C(=O)NC1CCCC1. The monoisotopic (exact) mass is 311 g/mol. The van der Waals surface area contributed by atoms with Crippen molar-refractivity contribution < 1.29 is 4.79 Å². The summed E-state index contributed by atoms with van der Waals surface area (Å²) in [6, 6.07) is 1.89. The molecule has 0 unspecified atom stereocenters. The molecular formula is C14H15Cl2N3O. The summed E-state index contributed by atoms with van der Waals surface area (Å²) in [6.45, 7) is 1.81. The predicted octanol–water partition coefficient (Wildman–Crippen LogP) is 3.62. The van der Waals surface area contributed by atoms with Gasteiger partial charge in [-0.2, -0.15) is 0 Å². The van der Waals surface area contributed by atoms with Crippen LogP contribution in [0.4, 0.5) is 0 Å². The molecule has 0 radical (unpaired) electrons. The van der Waals surface area contributed by atoms with E-state index in [1.54, 1.807) is 23.6 Å². The van der Waals surface area contributed by atoms with Gasteiger partial charge in [0.25, 0.3) is 5.91 Å². The number of aromatic nitrogens is 2. The number of amides is 1. The number of carbonyl (C=O) groups is 1. The van der Waals surface area contributed by atoms with Gasteiger partial charge >= 0.3 is 0 Å². The molecule has 1 N–H and O–H groups in total. The Morgan fingerprint density at radius 3 is 2.80 bits per heavy atom. The van der Waals surface area contributed by atoms with Crippen molar-refractivity contribution in [3.05, 3.63) is 33.7 Å². The van der Waals surface area contributed by atoms with Gasteiger partial charge in [0.1, 0.15) is 5.69 Å². The molecular weight excluding hydrogens is 297 g/mol. The summed E-state index contributed by atoms with van der Waals surface area (Å²) in [5.74, 6) is -0.111. The highest BCUT2D eigenvalue weighted by molar-refractivity contribution is 6.36. The molecule has 1 fully saturated rings. The molecule has 1 aliphatic carbocycles. The lowest BCUT2D eigenvalue weighted by atomic mass is 10.2. The van der Waals surface area contributed by atoms with E-state index >= 15 is 0 Å². The van der Waals surface area contributed by atoms with E-state index in [9.17, 15) is 4.79 Å². The first-order chi connectivity index (χ1) is 9.56. The Kier molecular flexibility index (Phi) is 3.61. The standard InChI is InChI=1S/C14H15Cl2N3O/c1-8-12(14(20)18-10-4-2-3-5-10)19-7-9(15)6-11(16)13(19)17-8/h6-7,10H,2-5H2,1H3,(H,18,20). The van der Waals surface area contributed by atoms with E-state index in [0.717, 1.165) is 12.8 Å². The molecule has 20 heavy (non-hydrogen) atoms. The second-order valence-corrected chi connectivity index (χ2v) is 6.04. The lowest BCUT2D eigenvalue weighted by molar-refractivity contribution is 0.0931. The Morgan fingerprint density at radius 2 is 2.10 bits per heavy atom. The molecule has 0 aromatic carbocycles. The maximum Gasteiger partial charge on any atom is 0.270 e. The van der Waals surface area contributed by atoms with E-state index in [0.29, 0.717) is 27.1 Å². The van der Waals surface area contributed by atoms with Crippen molar-refractivity contribution in [3.63, 3.8) is 0 Å². The molecule has 6 heteroatoms. The second kappa shape index (κ2) is 5.26. The predicted molar refractivity (Wildman–Crippen MR) is 79.7 cm³/mol. The lowest BCUT2D eigenvalue weighted by Crippen LogP contribution is -2.33. The van der Waals surface area contributed by atoms with Gasteiger partial charge in [-0.05, 0) is 25.8 Å². The van der Waals surface area contributed by atoms with Crippen LogP contribution in [-0.4, -0.2) is 21.3 Å². The van der Waals surface area contributed by atoms with Crippen LogP contribution in [0.1, 0.15) is 41.9 Å². The molecule has 2 aromatic rings. The van der Waals surface area contributed by atoms with Gasteiger partial charge in [-0.1, -0.05) is 36.0 Å². The Hall–Kier alpha value is -1.26. The van der Waals surface area contributed by atoms with Crippen LogP contribution in [0.3, 0.4) is 0 Å². The molecule has 0 bridgehead atoms. The van der Waals surface area contributed by atoms with Gasteiger partial charge in [0.15, 0.2) is 5.65 Å². The van der Waals surface area contributed by atoms with Crippen LogP contribution >= 0.6 is 23.2 Å². The van der Waals surface area contributed by atoms with E-state index in [2.05, 4.69) is 10.3 Å². The number of imidazole rings is 1. The molecule has 1 aliphatic rings. The summed E-state index contributed by atoms with van der Waals surface area (Å²) in [6.07, 6.45) is 6.11. The van der Waals surface area contributed by atoms with Crippen molar-refractivity contribution in [2.75, 3.05) is 0 Å². The fraction of sp³-hybridized carbons (Fsp3) is 0.429. The van der Waals surface area contributed by atoms with Crippen molar-refractivity contribution in [3.8, 4) is 0 Å². The smallest absolute Gasteiger partial charge is 0.270 e. The molecule has 106 valence electrons. The average Bonchev–Trinajstić information content (AvgIpc) is 2.96. The summed E-state index contributed by atoms with van der Waals surface area (Å²) in [4.78, 5) is 16.8. The third kappa shape index (κ3) is 2.38. The number of hydrogen-bond donors (Lipinski definition) is 1. The average molecular weight is 312 g/mol. The van der Waals surface area contributed by atoms with Crippen molar-refractivity contribution >= 4 is 34.8 Å². The van der Waals surface area contributed by atoms with Gasteiger partial charge < -0.3 is 5.32 Å². The van der Waals surface area contributed by atoms with Crippen molar-refractivity contribution in [2.45, 2.75) is 38.6 Å². The molecule has 4 nitrogen and oxygen atoms in total. The summed E-state index contributed by atoms with van der Waals surface area (Å²) >= 11 is 12.1. The van der Waals surface area contributed by atoms with E-state index in [4.69, 9.17) is 23.2 Å². The third-order valence-electron chi connectivity index (χ3n) is 3.72. The Labute approximate surface area is 127 Å². The van der Waals surface area contributed by atoms with Crippen LogP contribution in [0.5, 0.6) is 0 Å². The minimum absolute atomic E-state index is 0.111. The molecule has 0 saturated heterocycles. The molecule has 0 spiro atoms. The molecule has 0 aliphatic heterocycles. The first-order valence-electron chi connectivity index (χ1n) is 6.71. The zero-order chi connectivity index (χ0) is 14.3. The quantitative estimate of drug-likeness (QED) is 0.920. The van der Waals surface area contributed by atoms with E-state index in [1.165, 1.54) is 12.8 Å². The largest absolute Gasteiger partial charge is 0.348 e. The number of carbonyl (C=O) groups excluding carboxylic acids is 1. The van der Waals surface area contributed by atoms with Crippen molar-refractivity contribution in [1.29, 1.82) is 0 Å². The third-order valence-corrected chi connectivity index (χ3v) is 4.21. The number of pyridine rings is 1. The fourth-order valence-corrected chi connectivity index (χ4v) is 3.30. The highest BCUT2D eigenvalue weighted by atomic mass is 35.5. The van der Waals surface area contributed by atoms with Crippen LogP contribution in [0.15, 0.2) is 12.3 Å². The normalized spacial score (nSPS) is 15.9. The van der Waals surface area contributed by atoms with Gasteiger partial charge in [-0.3, -0.25) is 9.20 Å². The first kappa shape index (κ1) is 13.7. The number of aryl methyl sites for hydroxylation is 1. The lowest BCUT2D eigenvalue weighted by Gasteiger charge is -2.12. The van der Waals surface area contributed by atoms with Crippen LogP contribution in [0, 0.1) is 6.92 Å². The summed E-state index contributed by atoms with van der Waals surface area (Å²) < 4.78 is 1.67. The van der Waals surface area contributed by atoms with E-state index < -0.39 is 0 Å². The van der Waals surface area contributed by atoms with Gasteiger partial charge in [-0.15, -0.1) is 0 Å². The molecule has 1 amide bonds. The molecule has 3 rings (SSSR count). The zero-order valence-electron chi connectivity index (χ0n) is 11.1. The Balaban J connectivity index is 2.01. The van der Waals surface area contributed by atoms with E-state index in [1.807, 2.05) is 0 Å². The number of hydrogen-bond acceptors (Lipinski definition) is 2. The number of rotatable bonds is 2. The van der Waals surface area contributed by atoms with Crippen LogP contribution in [-0.2, 0) is 0 Å². The van der Waals surface area contributed by atoms with Crippen molar-refractivity contribution in [2.24, 2.45) is 0 Å². The van der Waals surface area contributed by atoms with Crippen molar-refractivity contribution in [1.82, 2.24) is 14.7 Å². The Bertz CT molecular complexity index is 675. The van der Waals surface area contributed by atoms with Gasteiger partial charge in [0, 0.05) is 12.2 Å². The van der Waals surface area contributed by atoms with Gasteiger partial charge in [0.05, 0.1) is 15.7 Å². The van der Waals surface area contributed by atoms with Crippen LogP contribution in [0.2, 0.25) is 10.0 Å². The fourth-order valence-electron chi connectivity index (χ4n) is 2.78. The first-order valence-corrected chi connectivity index (χ1v) is 7.46. The van der Waals surface area contributed by atoms with Gasteiger partial charge in [-0.25, -0.2) is 4.98 Å². The number of nitrogens with one attached hydrogen (secondary N) is 1. The Morgan fingerprint density at radius 1 is 1.40 bits per heavy atom. The summed E-state index contributed by atoms with van der Waals surface area (Å²) in [5.41, 5.74) is 1.73.